The number of hydrogen-bond acceptors (Lipinski definition) is 3. The molecule has 0 saturated carbocycles. The summed E-state index contributed by atoms with van der Waals surface area (Å²) in [5, 5.41) is 0. The molecule has 0 N–H and O–H groups in total. The van der Waals surface area contributed by atoms with Crippen LogP contribution in [0.4, 0.5) is 5.69 Å². The Kier molecular flexibility index (Phi) is 5.27. The highest BCUT2D eigenvalue weighted by molar-refractivity contribution is 5.98. The largest absolute Gasteiger partial charge is 0.408 e. The number of carbonyl (C=O) groups excluding carboxylic acids is 1. The third-order valence-electron chi connectivity index (χ3n) is 2.97. The van der Waals surface area contributed by atoms with Gasteiger partial charge in [0, 0.05) is 6.42 Å². The molecule has 21 heavy (non-hydrogen) atoms. The number of esters is 1. The van der Waals surface area contributed by atoms with Crippen molar-refractivity contribution in [2.75, 3.05) is 0 Å². The monoisotopic (exact) mass is 281 g/mol. The number of aryl methyl sites for hydroxylation is 1. The first kappa shape index (κ1) is 15.0. The molecule has 3 nitrogen and oxygen atoms in total. The van der Waals surface area contributed by atoms with Crippen molar-refractivity contribution >= 4 is 17.6 Å². The normalized spacial score (nSPS) is 11.2. The zero-order chi connectivity index (χ0) is 15.1. The second kappa shape index (κ2) is 7.39. The van der Waals surface area contributed by atoms with Crippen LogP contribution in [0.2, 0.25) is 0 Å². The molecule has 0 aliphatic heterocycles. The topological polar surface area (TPSA) is 38.7 Å². The highest BCUT2D eigenvalue weighted by atomic mass is 16.5. The fourth-order valence-electron chi connectivity index (χ4n) is 1.85. The van der Waals surface area contributed by atoms with Gasteiger partial charge < -0.3 is 4.74 Å². The van der Waals surface area contributed by atoms with Gasteiger partial charge in [-0.3, -0.25) is 0 Å². The molecular formula is C18H19NO2. The second-order valence-electron chi connectivity index (χ2n) is 4.85. The van der Waals surface area contributed by atoms with Crippen LogP contribution >= 0.6 is 0 Å². The van der Waals surface area contributed by atoms with Gasteiger partial charge in [-0.25, -0.2) is 9.79 Å². The Morgan fingerprint density at radius 3 is 2.33 bits per heavy atom. The molecule has 0 saturated heterocycles. The van der Waals surface area contributed by atoms with Crippen LogP contribution in [-0.2, 0) is 4.74 Å². The van der Waals surface area contributed by atoms with Gasteiger partial charge in [-0.05, 0) is 37.6 Å². The maximum Gasteiger partial charge on any atom is 0.344 e. The van der Waals surface area contributed by atoms with Gasteiger partial charge in [0.25, 0.3) is 0 Å². The summed E-state index contributed by atoms with van der Waals surface area (Å²) in [6.45, 7) is 4.01. The summed E-state index contributed by atoms with van der Waals surface area (Å²) in [5.74, 6) is 0.0902. The van der Waals surface area contributed by atoms with Gasteiger partial charge in [0.2, 0.25) is 0 Å². The lowest BCUT2D eigenvalue weighted by atomic mass is 10.1. The Morgan fingerprint density at radius 1 is 1.05 bits per heavy atom. The summed E-state index contributed by atoms with van der Waals surface area (Å²) in [4.78, 5) is 16.5. The van der Waals surface area contributed by atoms with Crippen molar-refractivity contribution in [3.05, 3.63) is 65.7 Å². The molecule has 0 aromatic heterocycles. The predicted octanol–water partition coefficient (Wildman–Crippen LogP) is 4.68. The summed E-state index contributed by atoms with van der Waals surface area (Å²) < 4.78 is 5.43. The number of para-hydroxylation sites is 1. The van der Waals surface area contributed by atoms with E-state index in [1.165, 1.54) is 0 Å². The van der Waals surface area contributed by atoms with Crippen LogP contribution in [0, 0.1) is 6.92 Å². The second-order valence-corrected chi connectivity index (χ2v) is 4.85. The fourth-order valence-corrected chi connectivity index (χ4v) is 1.85. The molecule has 3 heteroatoms. The molecule has 2 aromatic carbocycles. The van der Waals surface area contributed by atoms with Crippen LogP contribution in [0.1, 0.15) is 35.7 Å². The average molecular weight is 281 g/mol. The minimum absolute atomic E-state index is 0.363. The molecule has 2 rings (SSSR count). The standard InChI is InChI=1S/C18H19NO2/c1-3-7-17(19-16-8-5-4-6-9-16)21-18(20)15-12-10-14(2)11-13-15/h4-6,8-13H,3,7H2,1-2H3. The van der Waals surface area contributed by atoms with E-state index in [4.69, 9.17) is 4.74 Å². The van der Waals surface area contributed by atoms with E-state index in [0.717, 1.165) is 17.7 Å². The van der Waals surface area contributed by atoms with E-state index in [9.17, 15) is 4.79 Å². The van der Waals surface area contributed by atoms with E-state index in [-0.39, 0.29) is 5.97 Å². The Labute approximate surface area is 125 Å². The lowest BCUT2D eigenvalue weighted by Gasteiger charge is -2.07. The van der Waals surface area contributed by atoms with Crippen molar-refractivity contribution in [1.29, 1.82) is 0 Å². The van der Waals surface area contributed by atoms with Gasteiger partial charge in [-0.15, -0.1) is 0 Å². The van der Waals surface area contributed by atoms with Crippen LogP contribution in [0.3, 0.4) is 0 Å². The zero-order valence-electron chi connectivity index (χ0n) is 12.4. The molecule has 0 aliphatic rings. The Bertz CT molecular complexity index is 615. The van der Waals surface area contributed by atoms with Crippen molar-refractivity contribution in [3.63, 3.8) is 0 Å². The van der Waals surface area contributed by atoms with Gasteiger partial charge in [0.05, 0.1) is 11.3 Å². The molecule has 0 fully saturated rings. The van der Waals surface area contributed by atoms with Gasteiger partial charge >= 0.3 is 5.97 Å². The smallest absolute Gasteiger partial charge is 0.344 e. The summed E-state index contributed by atoms with van der Waals surface area (Å²) >= 11 is 0. The van der Waals surface area contributed by atoms with Crippen LogP contribution < -0.4 is 0 Å². The molecule has 0 unspecified atom stereocenters. The first-order valence-corrected chi connectivity index (χ1v) is 7.10. The van der Waals surface area contributed by atoms with Gasteiger partial charge in [0.15, 0.2) is 5.90 Å². The first-order chi connectivity index (χ1) is 10.2. The molecule has 0 heterocycles. The zero-order valence-corrected chi connectivity index (χ0v) is 12.4. The summed E-state index contributed by atoms with van der Waals surface area (Å²) in [7, 11) is 0. The average Bonchev–Trinajstić information content (AvgIpc) is 2.49. The molecule has 2 aromatic rings. The number of carbonyl (C=O) groups is 1. The molecule has 0 atom stereocenters. The molecule has 0 aliphatic carbocycles. The van der Waals surface area contributed by atoms with E-state index in [1.54, 1.807) is 12.1 Å². The fraction of sp³-hybridized carbons (Fsp3) is 0.222. The van der Waals surface area contributed by atoms with Crippen molar-refractivity contribution in [1.82, 2.24) is 0 Å². The van der Waals surface area contributed by atoms with Crippen LogP contribution in [0.15, 0.2) is 59.6 Å². The highest BCUT2D eigenvalue weighted by Gasteiger charge is 2.11. The van der Waals surface area contributed by atoms with E-state index in [1.807, 2.05) is 56.3 Å². The lowest BCUT2D eigenvalue weighted by molar-refractivity contribution is 0.0712. The number of rotatable bonds is 4. The number of hydrogen-bond donors (Lipinski definition) is 0. The lowest BCUT2D eigenvalue weighted by Crippen LogP contribution is -2.12. The van der Waals surface area contributed by atoms with Crippen molar-refractivity contribution in [2.45, 2.75) is 26.7 Å². The van der Waals surface area contributed by atoms with E-state index < -0.39 is 0 Å². The maximum absolute atomic E-state index is 12.1. The number of ether oxygens (including phenoxy) is 1. The van der Waals surface area contributed by atoms with E-state index in [2.05, 4.69) is 4.99 Å². The molecule has 0 spiro atoms. The minimum Gasteiger partial charge on any atom is -0.408 e. The predicted molar refractivity (Wildman–Crippen MR) is 85.0 cm³/mol. The number of aliphatic imine (C=N–C) groups is 1. The quantitative estimate of drug-likeness (QED) is 0.463. The Morgan fingerprint density at radius 2 is 1.71 bits per heavy atom. The number of benzene rings is 2. The number of nitrogens with zero attached hydrogens (tertiary/aromatic N) is 1. The summed E-state index contributed by atoms with van der Waals surface area (Å²) in [6, 6.07) is 16.8. The van der Waals surface area contributed by atoms with Crippen molar-refractivity contribution < 1.29 is 9.53 Å². The Hall–Kier alpha value is -2.42. The molecule has 108 valence electrons. The van der Waals surface area contributed by atoms with Gasteiger partial charge in [0.1, 0.15) is 0 Å². The third kappa shape index (κ3) is 4.56. The summed E-state index contributed by atoms with van der Waals surface area (Å²) in [5.41, 5.74) is 2.44. The van der Waals surface area contributed by atoms with Crippen LogP contribution in [-0.4, -0.2) is 11.9 Å². The third-order valence-corrected chi connectivity index (χ3v) is 2.97. The summed E-state index contributed by atoms with van der Waals surface area (Å²) in [6.07, 6.45) is 1.50. The molecule has 0 bridgehead atoms. The van der Waals surface area contributed by atoms with Gasteiger partial charge in [-0.1, -0.05) is 42.8 Å². The molecule has 0 amide bonds. The first-order valence-electron chi connectivity index (χ1n) is 7.10. The highest BCUT2D eigenvalue weighted by Crippen LogP contribution is 2.13. The van der Waals surface area contributed by atoms with Crippen molar-refractivity contribution in [2.24, 2.45) is 4.99 Å². The molecular weight excluding hydrogens is 262 g/mol. The van der Waals surface area contributed by atoms with E-state index in [0.29, 0.717) is 17.9 Å². The van der Waals surface area contributed by atoms with Gasteiger partial charge in [-0.2, -0.15) is 0 Å². The van der Waals surface area contributed by atoms with Crippen molar-refractivity contribution in [3.8, 4) is 0 Å². The van der Waals surface area contributed by atoms with Crippen LogP contribution in [0.5, 0.6) is 0 Å². The van der Waals surface area contributed by atoms with E-state index >= 15 is 0 Å². The Balaban J connectivity index is 2.14. The minimum atomic E-state index is -0.363. The SMILES string of the molecule is CCCC(=Nc1ccccc1)OC(=O)c1ccc(C)cc1. The maximum atomic E-state index is 12.1. The molecule has 0 radical (unpaired) electrons. The van der Waals surface area contributed by atoms with Crippen LogP contribution in [0.25, 0.3) is 0 Å².